The van der Waals surface area contributed by atoms with Crippen molar-refractivity contribution >= 4 is 0 Å². The minimum absolute atomic E-state index is 0.286. The van der Waals surface area contributed by atoms with Crippen LogP contribution >= 0.6 is 0 Å². The molecule has 2 aromatic carbocycles. The second-order valence-corrected chi connectivity index (χ2v) is 5.23. The summed E-state index contributed by atoms with van der Waals surface area (Å²) in [6.45, 7) is 0.784. The van der Waals surface area contributed by atoms with E-state index in [1.54, 1.807) is 19.2 Å². The van der Waals surface area contributed by atoms with Gasteiger partial charge >= 0.3 is 0 Å². The molecule has 0 aliphatic rings. The summed E-state index contributed by atoms with van der Waals surface area (Å²) in [7, 11) is 1.67. The van der Waals surface area contributed by atoms with Crippen molar-refractivity contribution in [2.45, 2.75) is 13.0 Å². The van der Waals surface area contributed by atoms with Gasteiger partial charge in [-0.2, -0.15) is 0 Å². The van der Waals surface area contributed by atoms with Crippen LogP contribution in [-0.2, 0) is 13.0 Å². The summed E-state index contributed by atoms with van der Waals surface area (Å²) >= 11 is 0. The second-order valence-electron chi connectivity index (χ2n) is 5.23. The van der Waals surface area contributed by atoms with E-state index in [9.17, 15) is 5.11 Å². The lowest BCUT2D eigenvalue weighted by atomic mass is 10.1. The number of phenols is 1. The molecule has 0 radical (unpaired) electrons. The quantitative estimate of drug-likeness (QED) is 0.786. The highest BCUT2D eigenvalue weighted by atomic mass is 16.5. The second kappa shape index (κ2) is 6.35. The highest BCUT2D eigenvalue weighted by molar-refractivity contribution is 5.29. The molecule has 4 nitrogen and oxygen atoms in total. The van der Waals surface area contributed by atoms with Gasteiger partial charge in [0.25, 0.3) is 0 Å². The number of rotatable bonds is 5. The average molecular weight is 294 g/mol. The van der Waals surface area contributed by atoms with Gasteiger partial charge in [-0.05, 0) is 35.4 Å². The zero-order valence-corrected chi connectivity index (χ0v) is 12.4. The third-order valence-electron chi connectivity index (χ3n) is 3.53. The maximum Gasteiger partial charge on any atom is 0.118 e. The predicted octanol–water partition coefficient (Wildman–Crippen LogP) is 3.24. The monoisotopic (exact) mass is 294 g/mol. The van der Waals surface area contributed by atoms with Crippen LogP contribution in [0.1, 0.15) is 16.8 Å². The predicted molar refractivity (Wildman–Crippen MR) is 85.2 cm³/mol. The molecule has 0 atom stereocenters. The molecule has 3 rings (SSSR count). The normalized spacial score (nSPS) is 10.6. The molecule has 112 valence electrons. The van der Waals surface area contributed by atoms with Crippen molar-refractivity contribution in [3.8, 4) is 11.5 Å². The Bertz CT molecular complexity index is 731. The fourth-order valence-electron chi connectivity index (χ4n) is 2.35. The summed E-state index contributed by atoms with van der Waals surface area (Å²) in [5, 5.41) is 9.30. The van der Waals surface area contributed by atoms with Gasteiger partial charge in [-0.15, -0.1) is 0 Å². The summed E-state index contributed by atoms with van der Waals surface area (Å²) < 4.78 is 7.23. The molecule has 0 aliphatic heterocycles. The molecule has 0 fully saturated rings. The molecule has 1 aromatic heterocycles. The van der Waals surface area contributed by atoms with Gasteiger partial charge in [0, 0.05) is 19.2 Å². The molecular weight excluding hydrogens is 276 g/mol. The van der Waals surface area contributed by atoms with Gasteiger partial charge in [-0.3, -0.25) is 0 Å². The molecule has 1 N–H and O–H groups in total. The van der Waals surface area contributed by atoms with Crippen LogP contribution in [0.4, 0.5) is 0 Å². The molecule has 0 amide bonds. The number of aromatic hydroxyl groups is 1. The fraction of sp³-hybridized carbons (Fsp3) is 0.167. The SMILES string of the molecule is COc1ccc(Cn2cnc(Cc3ccc(O)cc3)c2)cc1. The summed E-state index contributed by atoms with van der Waals surface area (Å²) in [4.78, 5) is 4.44. The van der Waals surface area contributed by atoms with E-state index >= 15 is 0 Å². The number of imidazole rings is 1. The topological polar surface area (TPSA) is 47.3 Å². The van der Waals surface area contributed by atoms with Crippen molar-refractivity contribution in [1.29, 1.82) is 0 Å². The first-order valence-electron chi connectivity index (χ1n) is 7.14. The minimum Gasteiger partial charge on any atom is -0.508 e. The Morgan fingerprint density at radius 1 is 1.00 bits per heavy atom. The van der Waals surface area contributed by atoms with Gasteiger partial charge in [0.05, 0.1) is 19.1 Å². The van der Waals surface area contributed by atoms with Crippen molar-refractivity contribution in [1.82, 2.24) is 9.55 Å². The first kappa shape index (κ1) is 14.2. The Morgan fingerprint density at radius 3 is 2.36 bits per heavy atom. The first-order chi connectivity index (χ1) is 10.7. The number of hydrogen-bond donors (Lipinski definition) is 1. The highest BCUT2D eigenvalue weighted by Crippen LogP contribution is 2.15. The third kappa shape index (κ3) is 3.47. The van der Waals surface area contributed by atoms with Crippen molar-refractivity contribution in [3.05, 3.63) is 77.9 Å². The molecule has 0 spiro atoms. The van der Waals surface area contributed by atoms with E-state index in [0.29, 0.717) is 0 Å². The third-order valence-corrected chi connectivity index (χ3v) is 3.53. The summed E-state index contributed by atoms with van der Waals surface area (Å²) in [6, 6.07) is 15.3. The number of ether oxygens (including phenoxy) is 1. The van der Waals surface area contributed by atoms with E-state index < -0.39 is 0 Å². The molecule has 0 aliphatic carbocycles. The van der Waals surface area contributed by atoms with Crippen LogP contribution in [0.5, 0.6) is 11.5 Å². The number of methoxy groups -OCH3 is 1. The van der Waals surface area contributed by atoms with Gasteiger partial charge in [0.1, 0.15) is 11.5 Å². The Kier molecular flexibility index (Phi) is 4.10. The number of benzene rings is 2. The van der Waals surface area contributed by atoms with E-state index in [0.717, 1.165) is 30.0 Å². The van der Waals surface area contributed by atoms with Crippen LogP contribution in [-0.4, -0.2) is 21.8 Å². The minimum atomic E-state index is 0.286. The van der Waals surface area contributed by atoms with Crippen LogP contribution in [0, 0.1) is 0 Å². The summed E-state index contributed by atoms with van der Waals surface area (Å²) in [5.74, 6) is 1.15. The largest absolute Gasteiger partial charge is 0.508 e. The highest BCUT2D eigenvalue weighted by Gasteiger charge is 2.02. The molecule has 4 heteroatoms. The van der Waals surface area contributed by atoms with E-state index in [-0.39, 0.29) is 5.75 Å². The van der Waals surface area contributed by atoms with Gasteiger partial charge in [-0.25, -0.2) is 4.98 Å². The zero-order chi connectivity index (χ0) is 15.4. The lowest BCUT2D eigenvalue weighted by Gasteiger charge is -2.04. The van der Waals surface area contributed by atoms with Gasteiger partial charge in [-0.1, -0.05) is 24.3 Å². The van der Waals surface area contributed by atoms with Gasteiger partial charge in [0.15, 0.2) is 0 Å². The van der Waals surface area contributed by atoms with Crippen LogP contribution in [0.2, 0.25) is 0 Å². The van der Waals surface area contributed by atoms with E-state index in [1.807, 2.05) is 30.6 Å². The Hall–Kier alpha value is -2.75. The van der Waals surface area contributed by atoms with Gasteiger partial charge < -0.3 is 14.4 Å². The lowest BCUT2D eigenvalue weighted by molar-refractivity contribution is 0.414. The molecule has 1 heterocycles. The van der Waals surface area contributed by atoms with Crippen molar-refractivity contribution < 1.29 is 9.84 Å². The van der Waals surface area contributed by atoms with Crippen LogP contribution < -0.4 is 4.74 Å². The van der Waals surface area contributed by atoms with Crippen LogP contribution in [0.15, 0.2) is 61.1 Å². The standard InChI is InChI=1S/C18H18N2O2/c1-22-18-8-4-15(5-9-18)11-20-12-16(19-13-20)10-14-2-6-17(21)7-3-14/h2-9,12-13,21H,10-11H2,1H3. The number of nitrogens with zero attached hydrogens (tertiary/aromatic N) is 2. The smallest absolute Gasteiger partial charge is 0.118 e. The molecule has 0 bridgehead atoms. The van der Waals surface area contributed by atoms with E-state index in [4.69, 9.17) is 4.74 Å². The zero-order valence-electron chi connectivity index (χ0n) is 12.4. The van der Waals surface area contributed by atoms with Crippen molar-refractivity contribution in [2.24, 2.45) is 0 Å². The van der Waals surface area contributed by atoms with Crippen molar-refractivity contribution in [2.75, 3.05) is 7.11 Å². The molecule has 22 heavy (non-hydrogen) atoms. The van der Waals surface area contributed by atoms with E-state index in [1.165, 1.54) is 5.56 Å². The first-order valence-corrected chi connectivity index (χ1v) is 7.14. The molecular formula is C18H18N2O2. The maximum absolute atomic E-state index is 9.30. The van der Waals surface area contributed by atoms with Gasteiger partial charge in [0.2, 0.25) is 0 Å². The van der Waals surface area contributed by atoms with Crippen LogP contribution in [0.3, 0.4) is 0 Å². The number of phenolic OH excluding ortho intramolecular Hbond substituents is 1. The number of hydrogen-bond acceptors (Lipinski definition) is 3. The average Bonchev–Trinajstić information content (AvgIpc) is 2.97. The Balaban J connectivity index is 1.66. The maximum atomic E-state index is 9.30. The Morgan fingerprint density at radius 2 is 1.68 bits per heavy atom. The molecule has 0 saturated carbocycles. The Labute approximate surface area is 129 Å². The van der Waals surface area contributed by atoms with Crippen LogP contribution in [0.25, 0.3) is 0 Å². The summed E-state index contributed by atoms with van der Waals surface area (Å²) in [6.07, 6.45) is 4.66. The lowest BCUT2D eigenvalue weighted by Crippen LogP contribution is -1.96. The number of aromatic nitrogens is 2. The molecule has 3 aromatic rings. The van der Waals surface area contributed by atoms with Crippen molar-refractivity contribution in [3.63, 3.8) is 0 Å². The summed E-state index contributed by atoms with van der Waals surface area (Å²) in [5.41, 5.74) is 3.35. The van der Waals surface area contributed by atoms with E-state index in [2.05, 4.69) is 27.9 Å². The molecule has 0 unspecified atom stereocenters. The molecule has 0 saturated heterocycles. The fourth-order valence-corrected chi connectivity index (χ4v) is 2.35.